The zero-order chi connectivity index (χ0) is 34.7. The standard InChI is InChI=1S/C37H32N8O4/c1-24-30(34(46)42(3)36(48)32(24)44-19-7-5-8-20-44)40-38-28-15-11-26(12-16-28)23-27-13-17-29(18-14-27)39-41-31-25(2)33(37(49)43(4)35(31)47)45-21-9-6-10-22-45/h5-22H,23H2,1-4H3/p+2. The third kappa shape index (κ3) is 6.52. The molecule has 0 saturated heterocycles. The lowest BCUT2D eigenvalue weighted by Crippen LogP contribution is -2.39. The van der Waals surface area contributed by atoms with E-state index in [0.717, 1.165) is 20.3 Å². The molecule has 0 amide bonds. The number of pyridine rings is 4. The van der Waals surface area contributed by atoms with Crippen LogP contribution in [0, 0.1) is 13.8 Å². The van der Waals surface area contributed by atoms with Crippen molar-refractivity contribution in [3.63, 3.8) is 0 Å². The second-order valence-corrected chi connectivity index (χ2v) is 11.5. The van der Waals surface area contributed by atoms with Crippen LogP contribution < -0.4 is 20.3 Å². The van der Waals surface area contributed by atoms with Gasteiger partial charge in [-0.15, -0.1) is 10.2 Å². The molecule has 12 nitrogen and oxygen atoms in total. The van der Waals surface area contributed by atoms with E-state index in [2.05, 4.69) is 20.5 Å². The maximum atomic E-state index is 12.9. The molecule has 0 aliphatic rings. The highest BCUT2D eigenvalue weighted by atomic mass is 16.3. The van der Waals surface area contributed by atoms with Crippen molar-refractivity contribution in [3.8, 4) is 23.1 Å². The minimum atomic E-state index is -0.346. The Hall–Kier alpha value is -6.56. The van der Waals surface area contributed by atoms with E-state index in [0.29, 0.717) is 40.3 Å². The van der Waals surface area contributed by atoms with Crippen molar-refractivity contribution >= 4 is 22.7 Å². The largest absolute Gasteiger partial charge is 0.493 e. The van der Waals surface area contributed by atoms with Gasteiger partial charge in [0.1, 0.15) is 0 Å². The average molecular weight is 655 g/mol. The third-order valence-electron chi connectivity index (χ3n) is 8.25. The van der Waals surface area contributed by atoms with Gasteiger partial charge in [-0.1, -0.05) is 36.4 Å². The molecule has 49 heavy (non-hydrogen) atoms. The van der Waals surface area contributed by atoms with Crippen LogP contribution >= 0.6 is 0 Å². The Balaban J connectivity index is 1.17. The van der Waals surface area contributed by atoms with Gasteiger partial charge in [0.25, 0.3) is 11.4 Å². The molecule has 6 rings (SSSR count). The van der Waals surface area contributed by atoms with Crippen LogP contribution in [0.15, 0.2) is 140 Å². The molecule has 0 saturated carbocycles. The van der Waals surface area contributed by atoms with Crippen molar-refractivity contribution in [2.24, 2.45) is 34.6 Å². The molecule has 2 N–H and O–H groups in total. The van der Waals surface area contributed by atoms with Crippen LogP contribution in [0.3, 0.4) is 0 Å². The van der Waals surface area contributed by atoms with E-state index in [1.807, 2.05) is 84.9 Å². The molecule has 0 bridgehead atoms. The maximum Gasteiger partial charge on any atom is 0.326 e. The summed E-state index contributed by atoms with van der Waals surface area (Å²) in [4.78, 5) is 25.8. The molecule has 0 aliphatic heterocycles. The molecule has 0 fully saturated rings. The van der Waals surface area contributed by atoms with E-state index in [1.54, 1.807) is 47.8 Å². The highest BCUT2D eigenvalue weighted by molar-refractivity contribution is 5.60. The number of hydrogen-bond acceptors (Lipinski definition) is 8. The number of nitrogens with zero attached hydrogens (tertiary/aromatic N) is 8. The summed E-state index contributed by atoms with van der Waals surface area (Å²) in [5.41, 5.74) is 4.81. The van der Waals surface area contributed by atoms with Crippen LogP contribution in [0.25, 0.3) is 11.4 Å². The summed E-state index contributed by atoms with van der Waals surface area (Å²) < 4.78 is 5.70. The van der Waals surface area contributed by atoms with E-state index in [-0.39, 0.29) is 34.3 Å². The Kier molecular flexibility index (Phi) is 9.03. The molecular weight excluding hydrogens is 620 g/mol. The van der Waals surface area contributed by atoms with Crippen molar-refractivity contribution in [1.29, 1.82) is 0 Å². The van der Waals surface area contributed by atoms with Crippen LogP contribution in [0.1, 0.15) is 22.3 Å². The Labute approximate surface area is 281 Å². The van der Waals surface area contributed by atoms with Gasteiger partial charge >= 0.3 is 11.1 Å². The average Bonchev–Trinajstić information content (AvgIpc) is 3.12. The fourth-order valence-corrected chi connectivity index (χ4v) is 5.46. The van der Waals surface area contributed by atoms with E-state index >= 15 is 0 Å². The smallest absolute Gasteiger partial charge is 0.326 e. The predicted octanol–water partition coefficient (Wildman–Crippen LogP) is 6.09. The predicted molar refractivity (Wildman–Crippen MR) is 183 cm³/mol. The zero-order valence-corrected chi connectivity index (χ0v) is 27.4. The number of hydrogen-bond donors (Lipinski definition) is 2. The van der Waals surface area contributed by atoms with Crippen molar-refractivity contribution in [1.82, 2.24) is 9.13 Å². The van der Waals surface area contributed by atoms with Crippen molar-refractivity contribution < 1.29 is 19.3 Å². The molecule has 12 heteroatoms. The molecule has 244 valence electrons. The van der Waals surface area contributed by atoms with Crippen LogP contribution in [0.5, 0.6) is 11.8 Å². The van der Waals surface area contributed by atoms with Crippen molar-refractivity contribution in [3.05, 3.63) is 153 Å². The molecule has 0 unspecified atom stereocenters. The van der Waals surface area contributed by atoms with E-state index in [9.17, 15) is 19.8 Å². The Morgan fingerprint density at radius 1 is 0.551 bits per heavy atom. The molecule has 0 aliphatic carbocycles. The normalized spacial score (nSPS) is 11.5. The first-order valence-corrected chi connectivity index (χ1v) is 15.4. The lowest BCUT2D eigenvalue weighted by molar-refractivity contribution is -0.597. The quantitative estimate of drug-likeness (QED) is 0.151. The van der Waals surface area contributed by atoms with Crippen LogP contribution in [0.4, 0.5) is 22.7 Å². The summed E-state index contributed by atoms with van der Waals surface area (Å²) in [7, 11) is 2.99. The first kappa shape index (κ1) is 32.4. The van der Waals surface area contributed by atoms with Gasteiger partial charge in [-0.2, -0.15) is 19.4 Å². The molecule has 4 aromatic heterocycles. The molecule has 0 atom stereocenters. The van der Waals surface area contributed by atoms with Crippen LogP contribution in [-0.2, 0) is 20.5 Å². The van der Waals surface area contributed by atoms with E-state index in [1.165, 1.54) is 14.1 Å². The molecule has 2 aromatic carbocycles. The first-order valence-electron chi connectivity index (χ1n) is 15.4. The Morgan fingerprint density at radius 3 is 1.24 bits per heavy atom. The summed E-state index contributed by atoms with van der Waals surface area (Å²) in [5, 5.41) is 38.7. The maximum absolute atomic E-state index is 12.9. The lowest BCUT2D eigenvalue weighted by Gasteiger charge is -2.09. The molecular formula is C37H34N8O4+2. The highest BCUT2D eigenvalue weighted by Gasteiger charge is 2.25. The lowest BCUT2D eigenvalue weighted by atomic mass is 10.0. The minimum absolute atomic E-state index is 0.215. The number of aromatic nitrogens is 4. The number of aromatic hydroxyl groups is 2. The summed E-state index contributed by atoms with van der Waals surface area (Å²) in [5.74, 6) is -0.522. The number of rotatable bonds is 8. The van der Waals surface area contributed by atoms with E-state index in [4.69, 9.17) is 0 Å². The van der Waals surface area contributed by atoms with E-state index < -0.39 is 0 Å². The second-order valence-electron chi connectivity index (χ2n) is 11.5. The molecule has 0 radical (unpaired) electrons. The summed E-state index contributed by atoms with van der Waals surface area (Å²) in [6.07, 6.45) is 7.72. The Morgan fingerprint density at radius 2 is 0.898 bits per heavy atom. The SMILES string of the molecule is Cc1c(N=Nc2ccc(Cc3ccc(N=Nc4c(C)c(-[n+]5ccccc5)c(=O)n(C)c4O)cc3)cc2)c(O)n(C)c(=O)c1-[n+]1ccccc1. The van der Waals surface area contributed by atoms with Gasteiger partial charge in [0.2, 0.25) is 11.8 Å². The van der Waals surface area contributed by atoms with Gasteiger partial charge in [-0.25, -0.2) is 0 Å². The molecule has 0 spiro atoms. The second kappa shape index (κ2) is 13.7. The summed E-state index contributed by atoms with van der Waals surface area (Å²) >= 11 is 0. The minimum Gasteiger partial charge on any atom is -0.493 e. The van der Waals surface area contributed by atoms with Gasteiger partial charge in [0, 0.05) is 38.4 Å². The van der Waals surface area contributed by atoms with Crippen molar-refractivity contribution in [2.45, 2.75) is 20.3 Å². The fourth-order valence-electron chi connectivity index (χ4n) is 5.46. The van der Waals surface area contributed by atoms with Crippen LogP contribution in [-0.4, -0.2) is 19.3 Å². The monoisotopic (exact) mass is 654 g/mol. The van der Waals surface area contributed by atoms with Gasteiger partial charge in [0.05, 0.1) is 22.5 Å². The van der Waals surface area contributed by atoms with Gasteiger partial charge in [-0.3, -0.25) is 18.7 Å². The first-order chi connectivity index (χ1) is 23.6. The number of azo groups is 2. The van der Waals surface area contributed by atoms with Crippen molar-refractivity contribution in [2.75, 3.05) is 0 Å². The Bertz CT molecular complexity index is 2170. The van der Waals surface area contributed by atoms with Crippen LogP contribution in [0.2, 0.25) is 0 Å². The number of benzene rings is 2. The van der Waals surface area contributed by atoms with Gasteiger partial charge in [0.15, 0.2) is 36.2 Å². The zero-order valence-electron chi connectivity index (χ0n) is 27.4. The highest BCUT2D eigenvalue weighted by Crippen LogP contribution is 2.33. The molecule has 4 heterocycles. The fraction of sp³-hybridized carbons (Fsp3) is 0.135. The van der Waals surface area contributed by atoms with Gasteiger partial charge in [-0.05, 0) is 55.7 Å². The third-order valence-corrected chi connectivity index (χ3v) is 8.25. The van der Waals surface area contributed by atoms with Gasteiger partial charge < -0.3 is 10.2 Å². The summed E-state index contributed by atoms with van der Waals surface area (Å²) in [6, 6.07) is 26.2. The topological polar surface area (TPSA) is 142 Å². The molecule has 6 aromatic rings. The summed E-state index contributed by atoms with van der Waals surface area (Å²) in [6.45, 7) is 3.47.